The van der Waals surface area contributed by atoms with Crippen molar-refractivity contribution in [2.24, 2.45) is 0 Å². The zero-order chi connectivity index (χ0) is 21.8. The van der Waals surface area contributed by atoms with Gasteiger partial charge in [0.05, 0.1) is 25.3 Å². The molecule has 0 saturated heterocycles. The number of benzene rings is 2. The highest BCUT2D eigenvalue weighted by molar-refractivity contribution is 6.04. The summed E-state index contributed by atoms with van der Waals surface area (Å²) in [5, 5.41) is 9.79. The van der Waals surface area contributed by atoms with Gasteiger partial charge in [-0.1, -0.05) is 36.4 Å². The molecule has 8 heteroatoms. The largest absolute Gasteiger partial charge is 0.372 e. The number of fused-ring (bicyclic) bond motifs is 1. The Morgan fingerprint density at radius 1 is 1.06 bits per heavy atom. The number of carbonyl (C=O) groups is 1. The van der Waals surface area contributed by atoms with Gasteiger partial charge in [-0.05, 0) is 17.7 Å². The average molecular weight is 423 g/mol. The fraction of sp³-hybridized carbons (Fsp3) is 0.130. The summed E-state index contributed by atoms with van der Waals surface area (Å²) in [6.45, 7) is 0.683. The number of amides is 1. The molecule has 2 aromatic carbocycles. The van der Waals surface area contributed by atoms with E-state index < -0.39 is 17.5 Å². The van der Waals surface area contributed by atoms with Gasteiger partial charge in [0.15, 0.2) is 5.69 Å². The van der Waals surface area contributed by atoms with Crippen LogP contribution in [0.15, 0.2) is 67.0 Å². The Morgan fingerprint density at radius 2 is 1.87 bits per heavy atom. The number of nitrogens with zero attached hydrogens (tertiary/aromatic N) is 2. The number of ether oxygens (including phenoxy) is 1. The predicted octanol–water partition coefficient (Wildman–Crippen LogP) is 4.20. The van der Waals surface area contributed by atoms with Crippen LogP contribution >= 0.6 is 0 Å². The minimum atomic E-state index is -0.790. The molecule has 4 rings (SSSR count). The molecule has 31 heavy (non-hydrogen) atoms. The quantitative estimate of drug-likeness (QED) is 0.345. The standard InChI is InChI=1S/C23H19F2N3O3/c24-18-7-6-16(20(25)10-18)11-28-12-17(14-31-13-15-4-2-1-3-5-15)19-8-9-26-21(22(19)28)23(29)27-30/h1-10,12,30H,11,13-14H2,(H,27,29). The number of hydrogen-bond acceptors (Lipinski definition) is 4. The second-order valence-electron chi connectivity index (χ2n) is 6.99. The van der Waals surface area contributed by atoms with Crippen molar-refractivity contribution in [3.05, 3.63) is 101 Å². The molecule has 2 N–H and O–H groups in total. The Balaban J connectivity index is 1.70. The third-order valence-corrected chi connectivity index (χ3v) is 4.91. The number of aromatic nitrogens is 2. The summed E-state index contributed by atoms with van der Waals surface area (Å²) in [6, 6.07) is 14.7. The summed E-state index contributed by atoms with van der Waals surface area (Å²) in [7, 11) is 0. The van der Waals surface area contributed by atoms with Crippen LogP contribution in [0.4, 0.5) is 8.78 Å². The van der Waals surface area contributed by atoms with E-state index in [-0.39, 0.29) is 24.4 Å². The van der Waals surface area contributed by atoms with Crippen LogP contribution in [0.2, 0.25) is 0 Å². The Morgan fingerprint density at radius 3 is 2.61 bits per heavy atom. The second kappa shape index (κ2) is 9.03. The molecule has 1 amide bonds. The van der Waals surface area contributed by atoms with Gasteiger partial charge in [-0.3, -0.25) is 10.0 Å². The Labute approximate surface area is 176 Å². The Kier molecular flexibility index (Phi) is 6.01. The van der Waals surface area contributed by atoms with Crippen LogP contribution in [-0.4, -0.2) is 20.7 Å². The van der Waals surface area contributed by atoms with E-state index >= 15 is 0 Å². The van der Waals surface area contributed by atoms with Gasteiger partial charge in [0.2, 0.25) is 0 Å². The van der Waals surface area contributed by atoms with E-state index in [0.29, 0.717) is 17.5 Å². The zero-order valence-electron chi connectivity index (χ0n) is 16.4. The molecule has 0 atom stereocenters. The fourth-order valence-corrected chi connectivity index (χ4v) is 3.47. The first-order valence-corrected chi connectivity index (χ1v) is 9.53. The summed E-state index contributed by atoms with van der Waals surface area (Å²) >= 11 is 0. The van der Waals surface area contributed by atoms with Gasteiger partial charge >= 0.3 is 0 Å². The molecular weight excluding hydrogens is 404 g/mol. The monoisotopic (exact) mass is 423 g/mol. The van der Waals surface area contributed by atoms with Crippen LogP contribution in [0.1, 0.15) is 27.2 Å². The third kappa shape index (κ3) is 4.45. The number of hydroxylamine groups is 1. The van der Waals surface area contributed by atoms with Gasteiger partial charge in [0.1, 0.15) is 11.6 Å². The van der Waals surface area contributed by atoms with Gasteiger partial charge in [0.25, 0.3) is 5.91 Å². The van der Waals surface area contributed by atoms with E-state index in [1.54, 1.807) is 22.3 Å². The van der Waals surface area contributed by atoms with Crippen LogP contribution in [0.5, 0.6) is 0 Å². The Hall–Kier alpha value is -3.62. The van der Waals surface area contributed by atoms with Crippen LogP contribution in [0, 0.1) is 11.6 Å². The van der Waals surface area contributed by atoms with Crippen molar-refractivity contribution in [3.63, 3.8) is 0 Å². The van der Waals surface area contributed by atoms with Crippen molar-refractivity contribution < 1.29 is 23.5 Å². The van der Waals surface area contributed by atoms with Gasteiger partial charge in [-0.25, -0.2) is 19.2 Å². The summed E-state index contributed by atoms with van der Waals surface area (Å²) in [6.07, 6.45) is 3.20. The van der Waals surface area contributed by atoms with E-state index in [0.717, 1.165) is 17.2 Å². The first kappa shape index (κ1) is 20.6. The number of nitrogens with one attached hydrogen (secondary N) is 1. The molecule has 0 radical (unpaired) electrons. The van der Waals surface area contributed by atoms with Crippen molar-refractivity contribution in [1.82, 2.24) is 15.0 Å². The SMILES string of the molecule is O=C(NO)c1nccc2c(COCc3ccccc3)cn(Cc3ccc(F)cc3F)c12. The van der Waals surface area contributed by atoms with Crippen molar-refractivity contribution in [2.45, 2.75) is 19.8 Å². The first-order chi connectivity index (χ1) is 15.1. The van der Waals surface area contributed by atoms with Gasteiger partial charge < -0.3 is 9.30 Å². The molecule has 0 unspecified atom stereocenters. The number of halogens is 2. The smallest absolute Gasteiger partial charge is 0.295 e. The molecule has 0 aliphatic heterocycles. The molecular formula is C23H19F2N3O3. The maximum absolute atomic E-state index is 14.2. The lowest BCUT2D eigenvalue weighted by Gasteiger charge is -2.09. The molecule has 0 bridgehead atoms. The van der Waals surface area contributed by atoms with Crippen LogP contribution in [0.3, 0.4) is 0 Å². The lowest BCUT2D eigenvalue weighted by Crippen LogP contribution is -2.21. The number of rotatable bonds is 7. The molecule has 0 spiro atoms. The maximum Gasteiger partial charge on any atom is 0.295 e. The van der Waals surface area contributed by atoms with E-state index in [4.69, 9.17) is 9.94 Å². The van der Waals surface area contributed by atoms with Crippen LogP contribution in [0.25, 0.3) is 10.9 Å². The molecule has 158 valence electrons. The summed E-state index contributed by atoms with van der Waals surface area (Å²) in [5.74, 6) is -2.15. The highest BCUT2D eigenvalue weighted by Gasteiger charge is 2.19. The second-order valence-corrected chi connectivity index (χ2v) is 6.99. The minimum absolute atomic E-state index is 0.0168. The molecule has 0 saturated carbocycles. The van der Waals surface area contributed by atoms with Crippen molar-refractivity contribution in [1.29, 1.82) is 0 Å². The fourth-order valence-electron chi connectivity index (χ4n) is 3.47. The highest BCUT2D eigenvalue weighted by Crippen LogP contribution is 2.26. The predicted molar refractivity (Wildman–Crippen MR) is 109 cm³/mol. The summed E-state index contributed by atoms with van der Waals surface area (Å²) in [4.78, 5) is 16.2. The molecule has 0 fully saturated rings. The molecule has 4 aromatic rings. The van der Waals surface area contributed by atoms with Gasteiger partial charge in [-0.2, -0.15) is 0 Å². The Bertz CT molecular complexity index is 1230. The highest BCUT2D eigenvalue weighted by atomic mass is 19.1. The van der Waals surface area contributed by atoms with Crippen LogP contribution < -0.4 is 5.48 Å². The molecule has 2 aromatic heterocycles. The number of pyridine rings is 1. The van der Waals surface area contributed by atoms with Crippen molar-refractivity contribution in [2.75, 3.05) is 0 Å². The normalized spacial score (nSPS) is 11.1. The number of hydrogen-bond donors (Lipinski definition) is 2. The van der Waals surface area contributed by atoms with Crippen LogP contribution in [-0.2, 0) is 24.5 Å². The average Bonchev–Trinajstić information content (AvgIpc) is 3.13. The molecule has 2 heterocycles. The van der Waals surface area contributed by atoms with E-state index in [1.807, 2.05) is 30.3 Å². The summed E-state index contributed by atoms with van der Waals surface area (Å²) < 4.78 is 35.0. The lowest BCUT2D eigenvalue weighted by molar-refractivity contribution is 0.0702. The van der Waals surface area contributed by atoms with Gasteiger partial charge in [0, 0.05) is 35.0 Å². The van der Waals surface area contributed by atoms with E-state index in [1.165, 1.54) is 18.3 Å². The van der Waals surface area contributed by atoms with E-state index in [9.17, 15) is 13.6 Å². The lowest BCUT2D eigenvalue weighted by atomic mass is 10.1. The van der Waals surface area contributed by atoms with E-state index in [2.05, 4.69) is 4.98 Å². The molecule has 0 aliphatic rings. The third-order valence-electron chi connectivity index (χ3n) is 4.91. The first-order valence-electron chi connectivity index (χ1n) is 9.53. The van der Waals surface area contributed by atoms with Crippen molar-refractivity contribution in [3.8, 4) is 0 Å². The van der Waals surface area contributed by atoms with Gasteiger partial charge in [-0.15, -0.1) is 0 Å². The zero-order valence-corrected chi connectivity index (χ0v) is 16.4. The summed E-state index contributed by atoms with van der Waals surface area (Å²) in [5.41, 5.74) is 4.01. The van der Waals surface area contributed by atoms with Crippen molar-refractivity contribution >= 4 is 16.8 Å². The minimum Gasteiger partial charge on any atom is -0.372 e. The maximum atomic E-state index is 14.2. The number of carbonyl (C=O) groups excluding carboxylic acids is 1. The molecule has 6 nitrogen and oxygen atoms in total. The molecule has 0 aliphatic carbocycles. The topological polar surface area (TPSA) is 76.4 Å².